The molecule has 70 valence electrons. The van der Waals surface area contributed by atoms with Crippen molar-refractivity contribution >= 4 is 11.8 Å². The van der Waals surface area contributed by atoms with Crippen LogP contribution in [-0.2, 0) is 9.59 Å². The van der Waals surface area contributed by atoms with E-state index in [0.717, 1.165) is 0 Å². The van der Waals surface area contributed by atoms with E-state index in [0.29, 0.717) is 12.2 Å². The molecule has 0 bridgehead atoms. The fourth-order valence-electron chi connectivity index (χ4n) is 0.383. The Morgan fingerprint density at radius 2 is 1.85 bits per heavy atom. The van der Waals surface area contributed by atoms with Gasteiger partial charge in [0.1, 0.15) is 0 Å². The second-order valence-corrected chi connectivity index (χ2v) is 1.81. The Hall–Kier alpha value is -2.18. The van der Waals surface area contributed by atoms with Gasteiger partial charge in [0, 0.05) is 12.2 Å². The van der Waals surface area contributed by atoms with Crippen molar-refractivity contribution in [3.63, 3.8) is 0 Å². The van der Waals surface area contributed by atoms with E-state index in [1.807, 2.05) is 0 Å². The van der Waals surface area contributed by atoms with Crippen LogP contribution >= 0.6 is 0 Å². The first-order valence-corrected chi connectivity index (χ1v) is 2.93. The monoisotopic (exact) mass is 187 g/mol. The maximum atomic E-state index is 10.4. The van der Waals surface area contributed by atoms with E-state index in [1.165, 1.54) is 0 Å². The molecule has 0 fully saturated rings. The average molecular weight is 187 g/mol. The Morgan fingerprint density at radius 1 is 1.31 bits per heavy atom. The summed E-state index contributed by atoms with van der Waals surface area (Å²) in [6, 6.07) is 0. The first-order chi connectivity index (χ1) is 5.99. The van der Waals surface area contributed by atoms with Gasteiger partial charge in [-0.2, -0.15) is 0 Å². The number of aliphatic hydroxyl groups is 1. The molecule has 0 atom stereocenters. The van der Waals surface area contributed by atoms with Crippen molar-refractivity contribution in [2.24, 2.45) is 0 Å². The number of aliphatic carboxylic acids is 1. The summed E-state index contributed by atoms with van der Waals surface area (Å²) >= 11 is 0. The zero-order chi connectivity index (χ0) is 10.4. The summed E-state index contributed by atoms with van der Waals surface area (Å²) in [5.41, 5.74) is -0.769. The summed E-state index contributed by atoms with van der Waals surface area (Å²) in [6.45, 7) is 0. The molecule has 0 heterocycles. The second-order valence-electron chi connectivity index (χ2n) is 1.81. The van der Waals surface area contributed by atoms with E-state index in [2.05, 4.69) is 0 Å². The van der Waals surface area contributed by atoms with Crippen molar-refractivity contribution in [3.05, 3.63) is 34.2 Å². The van der Waals surface area contributed by atoms with E-state index in [4.69, 9.17) is 10.2 Å². The number of allylic oxidation sites excluding steroid dienone is 1. The quantitative estimate of drug-likeness (QED) is 0.158. The number of carboxylic acids is 1. The van der Waals surface area contributed by atoms with E-state index in [-0.39, 0.29) is 6.26 Å². The van der Waals surface area contributed by atoms with Crippen molar-refractivity contribution < 1.29 is 24.7 Å². The Labute approximate surface area is 71.7 Å². The van der Waals surface area contributed by atoms with Gasteiger partial charge in [0.25, 0.3) is 5.78 Å². The largest absolute Gasteiger partial charge is 0.509 e. The summed E-state index contributed by atoms with van der Waals surface area (Å²) in [5, 5.41) is 26.3. The molecule has 0 saturated heterocycles. The summed E-state index contributed by atoms with van der Waals surface area (Å²) in [5.74, 6) is -3.03. The number of hydrogen-bond acceptors (Lipinski definition) is 5. The first kappa shape index (κ1) is 10.8. The molecule has 0 unspecified atom stereocenters. The zero-order valence-corrected chi connectivity index (χ0v) is 6.21. The molecular formula is C6H5NO6. The Kier molecular flexibility index (Phi) is 3.87. The van der Waals surface area contributed by atoms with Crippen LogP contribution < -0.4 is 0 Å². The minimum absolute atomic E-state index is 0.158. The minimum atomic E-state index is -1.73. The standard InChI is InChI=1S/C6H5NO6/c8-3-4(7(12)13)1-2-5(9)6(10)11/h1-3,8H,(H,10,11)/b2-1-,4-3+. The summed E-state index contributed by atoms with van der Waals surface area (Å²) < 4.78 is 0. The van der Waals surface area contributed by atoms with Gasteiger partial charge in [-0.25, -0.2) is 4.79 Å². The van der Waals surface area contributed by atoms with E-state index < -0.39 is 22.4 Å². The number of ketones is 1. The fourth-order valence-corrected chi connectivity index (χ4v) is 0.383. The Bertz CT molecular complexity index is 302. The number of rotatable bonds is 4. The van der Waals surface area contributed by atoms with Gasteiger partial charge in [-0.15, -0.1) is 0 Å². The van der Waals surface area contributed by atoms with Crippen LogP contribution in [-0.4, -0.2) is 26.9 Å². The number of carbonyl (C=O) groups is 2. The van der Waals surface area contributed by atoms with Gasteiger partial charge >= 0.3 is 11.7 Å². The third-order valence-electron chi connectivity index (χ3n) is 0.959. The normalized spacial score (nSPS) is 11.5. The lowest BCUT2D eigenvalue weighted by atomic mass is 10.3. The highest BCUT2D eigenvalue weighted by Gasteiger charge is 2.10. The van der Waals surface area contributed by atoms with Gasteiger partial charge in [-0.3, -0.25) is 14.9 Å². The number of nitrogens with zero attached hydrogens (tertiary/aromatic N) is 1. The van der Waals surface area contributed by atoms with Crippen molar-refractivity contribution in [2.75, 3.05) is 0 Å². The van der Waals surface area contributed by atoms with Gasteiger partial charge in [-0.1, -0.05) is 0 Å². The maximum Gasteiger partial charge on any atom is 0.376 e. The summed E-state index contributed by atoms with van der Waals surface area (Å²) in [4.78, 5) is 29.3. The highest BCUT2D eigenvalue weighted by molar-refractivity contribution is 6.37. The molecule has 2 N–H and O–H groups in total. The van der Waals surface area contributed by atoms with Gasteiger partial charge in [-0.05, 0) is 0 Å². The highest BCUT2D eigenvalue weighted by Crippen LogP contribution is 1.96. The van der Waals surface area contributed by atoms with Crippen LogP contribution in [0.2, 0.25) is 0 Å². The molecule has 0 aliphatic carbocycles. The van der Waals surface area contributed by atoms with Crippen molar-refractivity contribution in [2.45, 2.75) is 0 Å². The van der Waals surface area contributed by atoms with Gasteiger partial charge in [0.15, 0.2) is 6.26 Å². The average Bonchev–Trinajstić information content (AvgIpc) is 2.04. The SMILES string of the molecule is O=C(O)C(=O)/C=C\C(=C/O)[N+](=O)[O-]. The van der Waals surface area contributed by atoms with E-state index >= 15 is 0 Å². The van der Waals surface area contributed by atoms with Crippen molar-refractivity contribution in [3.8, 4) is 0 Å². The predicted octanol–water partition coefficient (Wildman–Crippen LogP) is -0.128. The van der Waals surface area contributed by atoms with Crippen LogP contribution in [0.3, 0.4) is 0 Å². The summed E-state index contributed by atoms with van der Waals surface area (Å²) in [7, 11) is 0. The van der Waals surface area contributed by atoms with Crippen LogP contribution in [0.5, 0.6) is 0 Å². The number of hydrogen-bond donors (Lipinski definition) is 2. The Balaban J connectivity index is 4.51. The van der Waals surface area contributed by atoms with Crippen molar-refractivity contribution in [1.29, 1.82) is 0 Å². The topological polar surface area (TPSA) is 118 Å². The van der Waals surface area contributed by atoms with E-state index in [9.17, 15) is 19.7 Å². The first-order valence-electron chi connectivity index (χ1n) is 2.93. The molecule has 0 spiro atoms. The Morgan fingerprint density at radius 3 is 2.15 bits per heavy atom. The van der Waals surface area contributed by atoms with Crippen molar-refractivity contribution in [1.82, 2.24) is 0 Å². The van der Waals surface area contributed by atoms with Gasteiger partial charge in [0.05, 0.1) is 4.92 Å². The molecule has 0 aliphatic heterocycles. The number of aliphatic hydroxyl groups excluding tert-OH is 1. The number of carbonyl (C=O) groups excluding carboxylic acids is 1. The fraction of sp³-hybridized carbons (Fsp3) is 0. The third-order valence-corrected chi connectivity index (χ3v) is 0.959. The second kappa shape index (κ2) is 4.65. The molecular weight excluding hydrogens is 182 g/mol. The zero-order valence-electron chi connectivity index (χ0n) is 6.21. The minimum Gasteiger partial charge on any atom is -0.509 e. The lowest BCUT2D eigenvalue weighted by molar-refractivity contribution is -0.420. The number of carboxylic acid groups (broad SMARTS) is 1. The molecule has 0 rings (SSSR count). The van der Waals surface area contributed by atoms with Crippen LogP contribution in [0, 0.1) is 10.1 Å². The highest BCUT2D eigenvalue weighted by atomic mass is 16.6. The molecule has 0 aromatic rings. The third kappa shape index (κ3) is 3.65. The smallest absolute Gasteiger partial charge is 0.376 e. The lowest BCUT2D eigenvalue weighted by Crippen LogP contribution is -2.09. The molecule has 13 heavy (non-hydrogen) atoms. The lowest BCUT2D eigenvalue weighted by Gasteiger charge is -1.86. The summed E-state index contributed by atoms with van der Waals surface area (Å²) in [6.07, 6.45) is 1.23. The van der Waals surface area contributed by atoms with Crippen LogP contribution in [0.25, 0.3) is 0 Å². The molecule has 0 radical (unpaired) electrons. The van der Waals surface area contributed by atoms with E-state index in [1.54, 1.807) is 0 Å². The molecule has 0 aromatic heterocycles. The molecule has 0 amide bonds. The molecule has 0 aromatic carbocycles. The molecule has 7 nitrogen and oxygen atoms in total. The molecule has 0 aliphatic rings. The molecule has 7 heteroatoms. The van der Waals surface area contributed by atoms with Gasteiger partial charge < -0.3 is 10.2 Å². The predicted molar refractivity (Wildman–Crippen MR) is 39.5 cm³/mol. The number of nitro groups is 1. The van der Waals surface area contributed by atoms with Crippen LogP contribution in [0.1, 0.15) is 0 Å². The van der Waals surface area contributed by atoms with Gasteiger partial charge in [0.2, 0.25) is 0 Å². The molecule has 0 saturated carbocycles. The maximum absolute atomic E-state index is 10.4. The van der Waals surface area contributed by atoms with Crippen LogP contribution in [0.4, 0.5) is 0 Å². The van der Waals surface area contributed by atoms with Crippen LogP contribution in [0.15, 0.2) is 24.1 Å².